The van der Waals surface area contributed by atoms with Gasteiger partial charge in [0.1, 0.15) is 5.82 Å². The van der Waals surface area contributed by atoms with E-state index in [2.05, 4.69) is 45.9 Å². The van der Waals surface area contributed by atoms with E-state index < -0.39 is 0 Å². The van der Waals surface area contributed by atoms with Crippen molar-refractivity contribution in [2.45, 2.75) is 57.9 Å². The lowest BCUT2D eigenvalue weighted by molar-refractivity contribution is 0.379. The average Bonchev–Trinajstić information content (AvgIpc) is 2.98. The molecule has 146 valence electrons. The number of rotatable bonds is 5. The maximum Gasteiger partial charge on any atom is 0.345 e. The molecule has 1 N–H and O–H groups in total. The first kappa shape index (κ1) is 19.3. The van der Waals surface area contributed by atoms with Gasteiger partial charge in [0.25, 0.3) is 0 Å². The van der Waals surface area contributed by atoms with Crippen LogP contribution in [0.3, 0.4) is 0 Å². The van der Waals surface area contributed by atoms with Crippen LogP contribution in [0.25, 0.3) is 0 Å². The highest BCUT2D eigenvalue weighted by Crippen LogP contribution is 2.24. The minimum atomic E-state index is 0.0527. The summed E-state index contributed by atoms with van der Waals surface area (Å²) in [7, 11) is 1.85. The second-order valence-electron chi connectivity index (χ2n) is 7.46. The standard InChI is InChI=1S/C18H32N6OS/c1-14(2)15-13-22(11-12-26-15)17(19-3)20-8-6-10-24-18(25)23-9-5-4-7-16(23)21-24/h14-15H,4-13H2,1-3H3,(H,19,20). The minimum Gasteiger partial charge on any atom is -0.356 e. The molecular formula is C18H32N6OS. The van der Waals surface area contributed by atoms with Crippen molar-refractivity contribution < 1.29 is 0 Å². The number of aryl methyl sites for hydroxylation is 2. The van der Waals surface area contributed by atoms with E-state index in [1.807, 2.05) is 11.6 Å². The van der Waals surface area contributed by atoms with E-state index in [4.69, 9.17) is 0 Å². The van der Waals surface area contributed by atoms with Gasteiger partial charge in [-0.05, 0) is 25.2 Å². The molecule has 0 saturated carbocycles. The summed E-state index contributed by atoms with van der Waals surface area (Å²) in [6.45, 7) is 8.96. The Morgan fingerprint density at radius 2 is 2.23 bits per heavy atom. The monoisotopic (exact) mass is 380 g/mol. The fraction of sp³-hybridized carbons (Fsp3) is 0.833. The van der Waals surface area contributed by atoms with Gasteiger partial charge in [-0.2, -0.15) is 16.9 Å². The predicted octanol–water partition coefficient (Wildman–Crippen LogP) is 1.42. The normalized spacial score (nSPS) is 21.2. The lowest BCUT2D eigenvalue weighted by atomic mass is 10.1. The first-order valence-corrected chi connectivity index (χ1v) is 10.9. The Labute approximate surface area is 160 Å². The maximum atomic E-state index is 12.4. The number of hydrogen-bond donors (Lipinski definition) is 1. The highest BCUT2D eigenvalue weighted by atomic mass is 32.2. The van der Waals surface area contributed by atoms with Gasteiger partial charge in [0.05, 0.1) is 0 Å². The Morgan fingerprint density at radius 1 is 1.38 bits per heavy atom. The van der Waals surface area contributed by atoms with Gasteiger partial charge >= 0.3 is 5.69 Å². The van der Waals surface area contributed by atoms with Crippen molar-refractivity contribution in [1.29, 1.82) is 0 Å². The molecule has 1 saturated heterocycles. The highest BCUT2D eigenvalue weighted by molar-refractivity contribution is 8.00. The largest absolute Gasteiger partial charge is 0.356 e. The average molecular weight is 381 g/mol. The van der Waals surface area contributed by atoms with Crippen molar-refractivity contribution in [3.8, 4) is 0 Å². The van der Waals surface area contributed by atoms with E-state index in [1.165, 1.54) is 0 Å². The number of nitrogens with one attached hydrogen (secondary N) is 1. The topological polar surface area (TPSA) is 67.5 Å². The van der Waals surface area contributed by atoms with Crippen molar-refractivity contribution in [2.24, 2.45) is 10.9 Å². The van der Waals surface area contributed by atoms with Crippen LogP contribution in [0.5, 0.6) is 0 Å². The third-order valence-corrected chi connectivity index (χ3v) is 6.75. The van der Waals surface area contributed by atoms with Gasteiger partial charge in [-0.25, -0.2) is 9.48 Å². The molecule has 0 aliphatic carbocycles. The Kier molecular flexibility index (Phi) is 6.67. The van der Waals surface area contributed by atoms with Gasteiger partial charge in [0.2, 0.25) is 0 Å². The van der Waals surface area contributed by atoms with E-state index in [-0.39, 0.29) is 5.69 Å². The highest BCUT2D eigenvalue weighted by Gasteiger charge is 2.24. The van der Waals surface area contributed by atoms with Crippen molar-refractivity contribution in [2.75, 3.05) is 32.4 Å². The summed E-state index contributed by atoms with van der Waals surface area (Å²) in [5, 5.41) is 8.63. The van der Waals surface area contributed by atoms with Gasteiger partial charge in [-0.3, -0.25) is 9.56 Å². The summed E-state index contributed by atoms with van der Waals surface area (Å²) >= 11 is 2.07. The third-order valence-electron chi connectivity index (χ3n) is 5.21. The van der Waals surface area contributed by atoms with E-state index in [9.17, 15) is 4.79 Å². The second kappa shape index (κ2) is 8.97. The molecule has 1 unspecified atom stereocenters. The van der Waals surface area contributed by atoms with Gasteiger partial charge in [-0.1, -0.05) is 13.8 Å². The maximum absolute atomic E-state index is 12.4. The summed E-state index contributed by atoms with van der Waals surface area (Å²) in [6, 6.07) is 0. The Bertz CT molecular complexity index is 680. The molecule has 1 fully saturated rings. The number of aliphatic imine (C=N–C) groups is 1. The molecule has 0 aromatic carbocycles. The predicted molar refractivity (Wildman–Crippen MR) is 108 cm³/mol. The lowest BCUT2D eigenvalue weighted by Crippen LogP contribution is -2.49. The van der Waals surface area contributed by atoms with Crippen LogP contribution in [-0.4, -0.2) is 62.9 Å². The zero-order valence-electron chi connectivity index (χ0n) is 16.3. The fourth-order valence-corrected chi connectivity index (χ4v) is 4.93. The van der Waals surface area contributed by atoms with Crippen LogP contribution in [0.2, 0.25) is 0 Å². The quantitative estimate of drug-likeness (QED) is 0.475. The van der Waals surface area contributed by atoms with Gasteiger partial charge in [0, 0.05) is 57.2 Å². The van der Waals surface area contributed by atoms with Crippen molar-refractivity contribution in [1.82, 2.24) is 24.6 Å². The van der Waals surface area contributed by atoms with Crippen molar-refractivity contribution in [3.05, 3.63) is 16.3 Å². The van der Waals surface area contributed by atoms with E-state index in [0.717, 1.165) is 69.4 Å². The molecular weight excluding hydrogens is 348 g/mol. The van der Waals surface area contributed by atoms with Gasteiger partial charge < -0.3 is 10.2 Å². The van der Waals surface area contributed by atoms with Crippen molar-refractivity contribution >= 4 is 17.7 Å². The molecule has 3 rings (SSSR count). The van der Waals surface area contributed by atoms with Gasteiger partial charge in [-0.15, -0.1) is 0 Å². The molecule has 1 aromatic rings. The van der Waals surface area contributed by atoms with Crippen molar-refractivity contribution in [3.63, 3.8) is 0 Å². The van der Waals surface area contributed by atoms with Crippen LogP contribution in [0, 0.1) is 5.92 Å². The van der Waals surface area contributed by atoms with E-state index >= 15 is 0 Å². The van der Waals surface area contributed by atoms with E-state index in [0.29, 0.717) is 17.7 Å². The molecule has 7 nitrogen and oxygen atoms in total. The minimum absolute atomic E-state index is 0.0527. The van der Waals surface area contributed by atoms with Crippen LogP contribution >= 0.6 is 11.8 Å². The van der Waals surface area contributed by atoms with Crippen LogP contribution < -0.4 is 11.0 Å². The Hall–Kier alpha value is -1.44. The number of aromatic nitrogens is 3. The first-order chi connectivity index (χ1) is 12.6. The summed E-state index contributed by atoms with van der Waals surface area (Å²) in [6.07, 6.45) is 4.02. The SMILES string of the molecule is CN=C(NCCCn1nc2n(c1=O)CCCC2)N1CCSC(C(C)C)C1. The fourth-order valence-electron chi connectivity index (χ4n) is 3.63. The third kappa shape index (κ3) is 4.45. The molecule has 26 heavy (non-hydrogen) atoms. The van der Waals surface area contributed by atoms with Gasteiger partial charge in [0.15, 0.2) is 5.96 Å². The summed E-state index contributed by atoms with van der Waals surface area (Å²) in [4.78, 5) is 19.2. The molecule has 8 heteroatoms. The van der Waals surface area contributed by atoms with Crippen LogP contribution in [0.15, 0.2) is 9.79 Å². The molecule has 1 aromatic heterocycles. The second-order valence-corrected chi connectivity index (χ2v) is 8.80. The lowest BCUT2D eigenvalue weighted by Gasteiger charge is -2.36. The zero-order valence-corrected chi connectivity index (χ0v) is 17.1. The smallest absolute Gasteiger partial charge is 0.345 e. The summed E-state index contributed by atoms with van der Waals surface area (Å²) in [5.41, 5.74) is 0.0527. The van der Waals surface area contributed by atoms with Crippen LogP contribution in [-0.2, 0) is 19.5 Å². The van der Waals surface area contributed by atoms with E-state index in [1.54, 1.807) is 4.68 Å². The van der Waals surface area contributed by atoms with Crippen LogP contribution in [0.4, 0.5) is 0 Å². The number of thioether (sulfide) groups is 1. The molecule has 1 atom stereocenters. The molecule has 0 spiro atoms. The molecule has 0 bridgehead atoms. The number of fused-ring (bicyclic) bond motifs is 1. The summed E-state index contributed by atoms with van der Waals surface area (Å²) < 4.78 is 3.48. The molecule has 0 radical (unpaired) electrons. The molecule has 3 heterocycles. The first-order valence-electron chi connectivity index (χ1n) is 9.84. The Balaban J connectivity index is 1.48. The molecule has 0 amide bonds. The number of nitrogens with zero attached hydrogens (tertiary/aromatic N) is 5. The Morgan fingerprint density at radius 3 is 2.96 bits per heavy atom. The zero-order chi connectivity index (χ0) is 18.5. The molecule has 2 aliphatic heterocycles. The molecule has 2 aliphatic rings. The number of hydrogen-bond acceptors (Lipinski definition) is 4. The van der Waals surface area contributed by atoms with Crippen LogP contribution in [0.1, 0.15) is 38.9 Å². The summed E-state index contributed by atoms with van der Waals surface area (Å²) in [5.74, 6) is 3.77. The number of guanidine groups is 1.